The first-order valence-electron chi connectivity index (χ1n) is 8.35. The third-order valence-corrected chi connectivity index (χ3v) is 6.37. The van der Waals surface area contributed by atoms with Gasteiger partial charge in [0, 0.05) is 13.2 Å². The number of carboxylic acid groups (broad SMARTS) is 1. The van der Waals surface area contributed by atoms with Gasteiger partial charge in [0.05, 0.1) is 16.2 Å². The molecule has 6 heteroatoms. The molecule has 0 aromatic heterocycles. The third kappa shape index (κ3) is 2.49. The molecular formula is C18H20ClFO4. The highest BCUT2D eigenvalue weighted by Crippen LogP contribution is 2.58. The molecule has 24 heavy (non-hydrogen) atoms. The fraction of sp³-hybridized carbons (Fsp3) is 0.611. The lowest BCUT2D eigenvalue weighted by molar-refractivity contribution is -0.182. The van der Waals surface area contributed by atoms with Gasteiger partial charge in [0.15, 0.2) is 0 Å². The Balaban J connectivity index is 1.59. The Morgan fingerprint density at radius 3 is 2.54 bits per heavy atom. The molecule has 4 aliphatic carbocycles. The molecule has 4 aliphatic rings. The summed E-state index contributed by atoms with van der Waals surface area (Å²) in [5, 5.41) is 9.11. The number of halogens is 2. The molecule has 5 rings (SSSR count). The molecule has 0 aliphatic heterocycles. The summed E-state index contributed by atoms with van der Waals surface area (Å²) >= 11 is 6.13. The van der Waals surface area contributed by atoms with Gasteiger partial charge in [-0.05, 0) is 55.9 Å². The van der Waals surface area contributed by atoms with Crippen LogP contribution in [0.4, 0.5) is 4.39 Å². The Morgan fingerprint density at radius 1 is 1.29 bits per heavy atom. The third-order valence-electron chi connectivity index (χ3n) is 6.08. The number of benzene rings is 1. The van der Waals surface area contributed by atoms with Crippen LogP contribution in [0.5, 0.6) is 5.75 Å². The summed E-state index contributed by atoms with van der Waals surface area (Å²) in [5.74, 6) is -0.465. The second-order valence-corrected chi connectivity index (χ2v) is 7.91. The summed E-state index contributed by atoms with van der Waals surface area (Å²) in [6.07, 6.45) is 5.28. The predicted molar refractivity (Wildman–Crippen MR) is 86.1 cm³/mol. The zero-order valence-electron chi connectivity index (χ0n) is 13.4. The van der Waals surface area contributed by atoms with Crippen molar-refractivity contribution < 1.29 is 23.8 Å². The fourth-order valence-corrected chi connectivity index (χ4v) is 5.48. The number of hydrogen-bond acceptors (Lipinski definition) is 3. The standard InChI is InChI=1S/C18H20ClFO4/c1-23-18-6-9-2-10(7-18)16(11(3-9)8-18)24-15-5-14(20)12(17(21)22)4-13(15)19/h4-5,9-11,16H,2-3,6-8H2,1H3,(H,21,22). The number of carbonyl (C=O) groups is 1. The van der Waals surface area contributed by atoms with E-state index >= 15 is 0 Å². The first-order chi connectivity index (χ1) is 11.4. The van der Waals surface area contributed by atoms with E-state index in [0.717, 1.165) is 44.2 Å². The smallest absolute Gasteiger partial charge is 0.338 e. The molecule has 4 nitrogen and oxygen atoms in total. The molecule has 0 saturated heterocycles. The molecule has 0 radical (unpaired) electrons. The van der Waals surface area contributed by atoms with Crippen LogP contribution in [0.1, 0.15) is 42.5 Å². The number of carboxylic acids is 1. The monoisotopic (exact) mass is 354 g/mol. The van der Waals surface area contributed by atoms with Gasteiger partial charge in [0.25, 0.3) is 0 Å². The minimum Gasteiger partial charge on any atom is -0.488 e. The second kappa shape index (κ2) is 5.60. The summed E-state index contributed by atoms with van der Waals surface area (Å²) in [7, 11) is 1.79. The predicted octanol–water partition coefficient (Wildman–Crippen LogP) is 4.15. The first-order valence-corrected chi connectivity index (χ1v) is 8.73. The van der Waals surface area contributed by atoms with Crippen molar-refractivity contribution >= 4 is 17.6 Å². The summed E-state index contributed by atoms with van der Waals surface area (Å²) in [6, 6.07) is 2.23. The number of methoxy groups -OCH3 is 1. The number of aromatic carboxylic acids is 1. The average molecular weight is 355 g/mol. The van der Waals surface area contributed by atoms with Gasteiger partial charge in [-0.2, -0.15) is 0 Å². The van der Waals surface area contributed by atoms with E-state index in [1.165, 1.54) is 0 Å². The van der Waals surface area contributed by atoms with Gasteiger partial charge in [0.2, 0.25) is 0 Å². The lowest BCUT2D eigenvalue weighted by Gasteiger charge is -2.58. The van der Waals surface area contributed by atoms with Crippen molar-refractivity contribution in [2.45, 2.75) is 43.8 Å². The van der Waals surface area contributed by atoms with Crippen LogP contribution in [0.2, 0.25) is 5.02 Å². The fourth-order valence-electron chi connectivity index (χ4n) is 5.27. The minimum atomic E-state index is -1.34. The van der Waals surface area contributed by atoms with E-state index in [-0.39, 0.29) is 22.5 Å². The molecule has 4 saturated carbocycles. The maximum atomic E-state index is 14.0. The molecule has 130 valence electrons. The van der Waals surface area contributed by atoms with Crippen LogP contribution in [0.3, 0.4) is 0 Å². The highest BCUT2D eigenvalue weighted by atomic mass is 35.5. The molecule has 0 amide bonds. The van der Waals surface area contributed by atoms with E-state index in [2.05, 4.69) is 0 Å². The summed E-state index contributed by atoms with van der Waals surface area (Å²) in [5.41, 5.74) is -0.450. The lowest BCUT2D eigenvalue weighted by Crippen LogP contribution is -2.59. The average Bonchev–Trinajstić information content (AvgIpc) is 2.52. The molecule has 1 aromatic rings. The summed E-state index contributed by atoms with van der Waals surface area (Å²) in [4.78, 5) is 11.0. The highest BCUT2D eigenvalue weighted by Gasteiger charge is 2.56. The number of ether oxygens (including phenoxy) is 2. The summed E-state index contributed by atoms with van der Waals surface area (Å²) in [6.45, 7) is 0. The van der Waals surface area contributed by atoms with Gasteiger partial charge in [-0.25, -0.2) is 9.18 Å². The number of hydrogen-bond donors (Lipinski definition) is 1. The van der Waals surface area contributed by atoms with E-state index in [0.29, 0.717) is 17.8 Å². The van der Waals surface area contributed by atoms with E-state index < -0.39 is 17.3 Å². The Kier molecular flexibility index (Phi) is 3.77. The largest absolute Gasteiger partial charge is 0.488 e. The Labute approximate surface area is 144 Å². The first kappa shape index (κ1) is 16.2. The zero-order chi connectivity index (χ0) is 17.1. The van der Waals surface area contributed by atoms with Gasteiger partial charge < -0.3 is 14.6 Å². The van der Waals surface area contributed by atoms with Gasteiger partial charge in [-0.3, -0.25) is 0 Å². The van der Waals surface area contributed by atoms with Crippen LogP contribution >= 0.6 is 11.6 Å². The molecule has 0 heterocycles. The van der Waals surface area contributed by atoms with Crippen molar-refractivity contribution in [2.24, 2.45) is 17.8 Å². The van der Waals surface area contributed by atoms with Crippen molar-refractivity contribution in [1.29, 1.82) is 0 Å². The molecule has 0 spiro atoms. The van der Waals surface area contributed by atoms with Crippen molar-refractivity contribution in [3.63, 3.8) is 0 Å². The Morgan fingerprint density at radius 2 is 1.96 bits per heavy atom. The van der Waals surface area contributed by atoms with Crippen molar-refractivity contribution in [2.75, 3.05) is 7.11 Å². The molecule has 1 N–H and O–H groups in total. The van der Waals surface area contributed by atoms with E-state index in [1.54, 1.807) is 7.11 Å². The van der Waals surface area contributed by atoms with Crippen LogP contribution < -0.4 is 4.74 Å². The SMILES string of the molecule is COC12CC3CC(C1)C(Oc1cc(F)c(C(=O)O)cc1Cl)C(C3)C2. The van der Waals surface area contributed by atoms with Crippen LogP contribution in [0.25, 0.3) is 0 Å². The zero-order valence-corrected chi connectivity index (χ0v) is 14.2. The van der Waals surface area contributed by atoms with Crippen LogP contribution in [-0.4, -0.2) is 29.9 Å². The van der Waals surface area contributed by atoms with Gasteiger partial charge in [0.1, 0.15) is 17.7 Å². The van der Waals surface area contributed by atoms with Gasteiger partial charge in [-0.1, -0.05) is 11.6 Å². The topological polar surface area (TPSA) is 55.8 Å². The Bertz CT molecular complexity index is 676. The normalized spacial score (nSPS) is 36.8. The summed E-state index contributed by atoms with van der Waals surface area (Å²) < 4.78 is 25.9. The van der Waals surface area contributed by atoms with Gasteiger partial charge in [-0.15, -0.1) is 0 Å². The van der Waals surface area contributed by atoms with Gasteiger partial charge >= 0.3 is 5.97 Å². The second-order valence-electron chi connectivity index (χ2n) is 7.51. The molecular weight excluding hydrogens is 335 g/mol. The molecule has 2 atom stereocenters. The molecule has 1 aromatic carbocycles. The molecule has 4 bridgehead atoms. The lowest BCUT2D eigenvalue weighted by atomic mass is 9.53. The van der Waals surface area contributed by atoms with E-state index in [1.807, 2.05) is 0 Å². The van der Waals surface area contributed by atoms with E-state index in [9.17, 15) is 9.18 Å². The maximum Gasteiger partial charge on any atom is 0.338 e. The number of rotatable bonds is 4. The molecule has 4 fully saturated rings. The molecule has 2 unspecified atom stereocenters. The minimum absolute atomic E-state index is 0.00240. The quantitative estimate of drug-likeness (QED) is 0.882. The van der Waals surface area contributed by atoms with Crippen molar-refractivity contribution in [1.82, 2.24) is 0 Å². The van der Waals surface area contributed by atoms with Crippen LogP contribution in [-0.2, 0) is 4.74 Å². The Hall–Kier alpha value is -1.33. The van der Waals surface area contributed by atoms with Crippen molar-refractivity contribution in [3.8, 4) is 5.75 Å². The van der Waals surface area contributed by atoms with Crippen molar-refractivity contribution in [3.05, 3.63) is 28.5 Å². The van der Waals surface area contributed by atoms with Crippen LogP contribution in [0.15, 0.2) is 12.1 Å². The van der Waals surface area contributed by atoms with Crippen LogP contribution in [0, 0.1) is 23.6 Å². The van der Waals surface area contributed by atoms with E-state index in [4.69, 9.17) is 26.2 Å². The highest BCUT2D eigenvalue weighted by molar-refractivity contribution is 6.32. The maximum absolute atomic E-state index is 14.0.